The second-order valence-electron chi connectivity index (χ2n) is 10.1. The SMILES string of the molecule is CC/C=C\CCc1nc2cc(/C=C/C(=O)NO)ccc2n1CC(C)(C)CN(C)C.O=C(O)C(F)(F)F.O=C(O)C(F)(F)F. The van der Waals surface area contributed by atoms with Crippen molar-refractivity contribution in [3.05, 3.63) is 47.8 Å². The van der Waals surface area contributed by atoms with E-state index < -0.39 is 30.2 Å². The highest BCUT2D eigenvalue weighted by Gasteiger charge is 2.38. The topological polar surface area (TPSA) is 145 Å². The number of benzene rings is 1. The highest BCUT2D eigenvalue weighted by molar-refractivity contribution is 5.91. The summed E-state index contributed by atoms with van der Waals surface area (Å²) < 4.78 is 65.8. The number of fused-ring (bicyclic) bond motifs is 1. The number of imidazole rings is 1. The molecule has 2 aromatic rings. The van der Waals surface area contributed by atoms with Crippen LogP contribution in [-0.4, -0.2) is 80.7 Å². The molecule has 0 aliphatic carbocycles. The lowest BCUT2D eigenvalue weighted by Gasteiger charge is -2.29. The van der Waals surface area contributed by atoms with Gasteiger partial charge in [-0.1, -0.05) is 39.0 Å². The van der Waals surface area contributed by atoms with E-state index in [-0.39, 0.29) is 5.41 Å². The Morgan fingerprint density at radius 2 is 1.53 bits per heavy atom. The van der Waals surface area contributed by atoms with Gasteiger partial charge in [0.05, 0.1) is 11.0 Å². The van der Waals surface area contributed by atoms with Gasteiger partial charge in [0.15, 0.2) is 0 Å². The number of aliphatic carboxylic acids is 2. The first-order valence-electron chi connectivity index (χ1n) is 12.7. The number of halogens is 6. The van der Waals surface area contributed by atoms with Gasteiger partial charge in [-0.3, -0.25) is 10.0 Å². The molecule has 0 bridgehead atoms. The van der Waals surface area contributed by atoms with Crippen molar-refractivity contribution in [2.24, 2.45) is 5.41 Å². The highest BCUT2D eigenvalue weighted by atomic mass is 19.4. The van der Waals surface area contributed by atoms with Crippen LogP contribution in [-0.2, 0) is 27.3 Å². The van der Waals surface area contributed by atoms with Crippen LogP contribution in [0.2, 0.25) is 0 Å². The summed E-state index contributed by atoms with van der Waals surface area (Å²) >= 11 is 0. The monoisotopic (exact) mass is 626 g/mol. The number of carbonyl (C=O) groups is 3. The fraction of sp³-hybridized carbons (Fsp3) is 0.481. The van der Waals surface area contributed by atoms with Crippen molar-refractivity contribution in [2.45, 2.75) is 58.9 Å². The van der Waals surface area contributed by atoms with E-state index in [1.165, 1.54) is 6.08 Å². The van der Waals surface area contributed by atoms with Crippen LogP contribution in [0.5, 0.6) is 0 Å². The molecule has 2 rings (SSSR count). The summed E-state index contributed by atoms with van der Waals surface area (Å²) in [4.78, 5) is 36.2. The molecule has 0 radical (unpaired) electrons. The molecule has 0 aliphatic heterocycles. The molecule has 1 amide bonds. The molecule has 0 spiro atoms. The van der Waals surface area contributed by atoms with Crippen LogP contribution < -0.4 is 5.48 Å². The zero-order valence-electron chi connectivity index (χ0n) is 24.3. The first-order valence-corrected chi connectivity index (χ1v) is 12.7. The van der Waals surface area contributed by atoms with Crippen molar-refractivity contribution in [1.82, 2.24) is 19.9 Å². The zero-order valence-corrected chi connectivity index (χ0v) is 24.3. The average Bonchev–Trinajstić information content (AvgIpc) is 3.19. The minimum absolute atomic E-state index is 0.100. The number of nitrogens with one attached hydrogen (secondary N) is 1. The fourth-order valence-corrected chi connectivity index (χ4v) is 3.71. The number of nitrogens with zero attached hydrogens (tertiary/aromatic N) is 3. The second-order valence-corrected chi connectivity index (χ2v) is 10.1. The summed E-state index contributed by atoms with van der Waals surface area (Å²) in [6.07, 6.45) is 0.117. The molecule has 0 atom stereocenters. The zero-order chi connectivity index (χ0) is 33.6. The predicted octanol–water partition coefficient (Wildman–Crippen LogP) is 5.31. The predicted molar refractivity (Wildman–Crippen MR) is 146 cm³/mol. The average molecular weight is 627 g/mol. The van der Waals surface area contributed by atoms with Crippen molar-refractivity contribution in [2.75, 3.05) is 20.6 Å². The number of allylic oxidation sites excluding steroid dienone is 2. The minimum Gasteiger partial charge on any atom is -0.475 e. The molecule has 1 aromatic heterocycles. The summed E-state index contributed by atoms with van der Waals surface area (Å²) in [5, 5.41) is 22.9. The molecule has 4 N–H and O–H groups in total. The highest BCUT2D eigenvalue weighted by Crippen LogP contribution is 2.26. The van der Waals surface area contributed by atoms with E-state index >= 15 is 0 Å². The number of carboxylic acids is 2. The second kappa shape index (κ2) is 17.3. The van der Waals surface area contributed by atoms with Crippen molar-refractivity contribution < 1.29 is 56.1 Å². The molecule has 0 saturated carbocycles. The Hall–Kier alpha value is -3.92. The Kier molecular flexibility index (Phi) is 15.7. The Morgan fingerprint density at radius 1 is 1.00 bits per heavy atom. The van der Waals surface area contributed by atoms with E-state index in [1.54, 1.807) is 11.6 Å². The molecule has 0 fully saturated rings. The molecule has 1 heterocycles. The number of hydrogen-bond donors (Lipinski definition) is 4. The van der Waals surface area contributed by atoms with Gasteiger partial charge in [0.2, 0.25) is 0 Å². The number of alkyl halides is 6. The number of aromatic nitrogens is 2. The molecule has 1 aromatic carbocycles. The van der Waals surface area contributed by atoms with Gasteiger partial charge in [-0.05, 0) is 56.1 Å². The number of aryl methyl sites for hydroxylation is 1. The lowest BCUT2D eigenvalue weighted by Crippen LogP contribution is -2.32. The molecule has 10 nitrogen and oxygen atoms in total. The number of hydroxylamine groups is 1. The first kappa shape index (κ1) is 39.1. The summed E-state index contributed by atoms with van der Waals surface area (Å²) in [7, 11) is 4.21. The Balaban J connectivity index is 0.00000104. The van der Waals surface area contributed by atoms with E-state index in [9.17, 15) is 31.1 Å². The van der Waals surface area contributed by atoms with Crippen molar-refractivity contribution in [3.8, 4) is 0 Å². The van der Waals surface area contributed by atoms with Gasteiger partial charge in [-0.25, -0.2) is 20.1 Å². The normalized spacial score (nSPS) is 12.2. The number of hydrogen-bond acceptors (Lipinski definition) is 6. The molecule has 0 aliphatic rings. The smallest absolute Gasteiger partial charge is 0.475 e. The van der Waals surface area contributed by atoms with Crippen LogP contribution in [0, 0.1) is 5.41 Å². The van der Waals surface area contributed by atoms with Crippen LogP contribution >= 0.6 is 0 Å². The lowest BCUT2D eigenvalue weighted by atomic mass is 9.92. The van der Waals surface area contributed by atoms with Gasteiger partial charge < -0.3 is 19.7 Å². The van der Waals surface area contributed by atoms with Crippen molar-refractivity contribution in [1.29, 1.82) is 0 Å². The van der Waals surface area contributed by atoms with Crippen molar-refractivity contribution in [3.63, 3.8) is 0 Å². The molecule has 43 heavy (non-hydrogen) atoms. The summed E-state index contributed by atoms with van der Waals surface area (Å²) in [6, 6.07) is 6.02. The van der Waals surface area contributed by atoms with Gasteiger partial charge >= 0.3 is 24.3 Å². The quantitative estimate of drug-likeness (QED) is 0.0914. The number of rotatable bonds is 10. The summed E-state index contributed by atoms with van der Waals surface area (Å²) in [5.74, 6) is -4.98. The van der Waals surface area contributed by atoms with Crippen LogP contribution in [0.3, 0.4) is 0 Å². The number of carbonyl (C=O) groups excluding carboxylic acids is 1. The Bertz CT molecular complexity index is 1240. The Labute approximate surface area is 244 Å². The third-order valence-electron chi connectivity index (χ3n) is 5.14. The minimum atomic E-state index is -5.08. The Morgan fingerprint density at radius 3 is 1.98 bits per heavy atom. The molecule has 16 heteroatoms. The van der Waals surface area contributed by atoms with Gasteiger partial charge in [0, 0.05) is 25.6 Å². The molecule has 242 valence electrons. The molecular formula is C27H36F6N4O6. The maximum atomic E-state index is 11.2. The summed E-state index contributed by atoms with van der Waals surface area (Å²) in [5.41, 5.74) is 4.60. The van der Waals surface area contributed by atoms with Gasteiger partial charge in [0.25, 0.3) is 5.91 Å². The number of amides is 1. The van der Waals surface area contributed by atoms with Crippen LogP contribution in [0.15, 0.2) is 36.4 Å². The van der Waals surface area contributed by atoms with E-state index in [4.69, 9.17) is 30.0 Å². The van der Waals surface area contributed by atoms with E-state index in [0.717, 1.165) is 54.8 Å². The maximum Gasteiger partial charge on any atom is 0.490 e. The number of carboxylic acid groups (broad SMARTS) is 2. The molecule has 0 saturated heterocycles. The third kappa shape index (κ3) is 15.8. The van der Waals surface area contributed by atoms with Crippen molar-refractivity contribution >= 4 is 35.0 Å². The molecule has 0 unspecified atom stereocenters. The van der Waals surface area contributed by atoms with E-state index in [2.05, 4.69) is 62.6 Å². The molecular weight excluding hydrogens is 590 g/mol. The third-order valence-corrected chi connectivity index (χ3v) is 5.14. The van der Waals surface area contributed by atoms with Crippen LogP contribution in [0.4, 0.5) is 26.3 Å². The van der Waals surface area contributed by atoms with Gasteiger partial charge in [0.1, 0.15) is 5.82 Å². The fourth-order valence-electron chi connectivity index (χ4n) is 3.71. The standard InChI is InChI=1S/C23H34N4O2.2C2HF3O2/c1-6-7-8-9-10-21-24-19-15-18(12-14-22(28)25-29)11-13-20(19)27(21)17-23(2,3)16-26(4)5;2*3-2(4,5)1(6)7/h7-8,11-15,29H,6,9-10,16-17H2,1-5H3,(H,25,28);2*(H,6,7)/b8-7-,14-12+;;. The maximum absolute atomic E-state index is 11.2. The lowest BCUT2D eigenvalue weighted by molar-refractivity contribution is -0.193. The summed E-state index contributed by atoms with van der Waals surface area (Å²) in [6.45, 7) is 8.57. The van der Waals surface area contributed by atoms with Gasteiger partial charge in [-0.2, -0.15) is 26.3 Å². The van der Waals surface area contributed by atoms with Crippen LogP contribution in [0.1, 0.15) is 45.0 Å². The van der Waals surface area contributed by atoms with E-state index in [1.807, 2.05) is 12.1 Å². The van der Waals surface area contributed by atoms with E-state index in [0.29, 0.717) is 0 Å². The largest absolute Gasteiger partial charge is 0.490 e. The van der Waals surface area contributed by atoms with Crippen LogP contribution in [0.25, 0.3) is 17.1 Å². The van der Waals surface area contributed by atoms with Gasteiger partial charge in [-0.15, -0.1) is 0 Å². The first-order chi connectivity index (χ1) is 19.6.